The normalized spacial score (nSPS) is 18.3. The average molecular weight is 226 g/mol. The average Bonchev–Trinajstić information content (AvgIpc) is 2.99. The number of nitrogens with zero attached hydrogens (tertiary/aromatic N) is 1. The Morgan fingerprint density at radius 2 is 2.00 bits per heavy atom. The second kappa shape index (κ2) is 5.17. The van der Waals surface area contributed by atoms with Gasteiger partial charge in [0.15, 0.2) is 0 Å². The zero-order valence-electron chi connectivity index (χ0n) is 11.1. The summed E-state index contributed by atoms with van der Waals surface area (Å²) >= 11 is 0. The highest BCUT2D eigenvalue weighted by Gasteiger charge is 2.37. The van der Waals surface area contributed by atoms with Crippen molar-refractivity contribution >= 4 is 5.91 Å². The number of rotatable bonds is 5. The molecule has 1 amide bonds. The molecule has 1 unspecified atom stereocenters. The van der Waals surface area contributed by atoms with Crippen molar-refractivity contribution in [3.63, 3.8) is 0 Å². The largest absolute Gasteiger partial charge is 0.338 e. The number of hydrogen-bond acceptors (Lipinski definition) is 2. The van der Waals surface area contributed by atoms with Crippen molar-refractivity contribution < 1.29 is 4.79 Å². The van der Waals surface area contributed by atoms with Crippen molar-refractivity contribution in [1.82, 2.24) is 4.90 Å². The zero-order chi connectivity index (χ0) is 12.3. The van der Waals surface area contributed by atoms with E-state index < -0.39 is 0 Å². The molecule has 0 saturated heterocycles. The summed E-state index contributed by atoms with van der Waals surface area (Å²) in [7, 11) is 0. The van der Waals surface area contributed by atoms with Gasteiger partial charge in [0, 0.05) is 12.6 Å². The van der Waals surface area contributed by atoms with E-state index in [0.29, 0.717) is 6.04 Å². The Hall–Kier alpha value is -0.570. The highest BCUT2D eigenvalue weighted by atomic mass is 16.2. The molecule has 1 rings (SSSR count). The number of unbranched alkanes of at least 4 members (excludes halogenated alkanes) is 1. The van der Waals surface area contributed by atoms with E-state index in [0.717, 1.165) is 32.2 Å². The zero-order valence-corrected chi connectivity index (χ0v) is 11.1. The summed E-state index contributed by atoms with van der Waals surface area (Å²) in [5.74, 6) is 0.142. The second-order valence-electron chi connectivity index (χ2n) is 5.96. The molecule has 0 spiro atoms. The van der Waals surface area contributed by atoms with Crippen LogP contribution in [0.5, 0.6) is 0 Å². The van der Waals surface area contributed by atoms with Gasteiger partial charge in [-0.25, -0.2) is 0 Å². The lowest BCUT2D eigenvalue weighted by Gasteiger charge is -2.32. The van der Waals surface area contributed by atoms with Crippen molar-refractivity contribution in [3.8, 4) is 0 Å². The molecule has 3 nitrogen and oxygen atoms in total. The van der Waals surface area contributed by atoms with Gasteiger partial charge in [0.1, 0.15) is 0 Å². The Morgan fingerprint density at radius 1 is 1.44 bits per heavy atom. The van der Waals surface area contributed by atoms with Gasteiger partial charge in [-0.3, -0.25) is 4.79 Å². The number of hydrogen-bond donors (Lipinski definition) is 1. The lowest BCUT2D eigenvalue weighted by atomic mass is 9.86. The molecule has 1 atom stereocenters. The van der Waals surface area contributed by atoms with Gasteiger partial charge >= 0.3 is 0 Å². The fourth-order valence-electron chi connectivity index (χ4n) is 1.74. The molecule has 0 aliphatic heterocycles. The van der Waals surface area contributed by atoms with Gasteiger partial charge in [-0.2, -0.15) is 0 Å². The molecule has 0 aromatic carbocycles. The maximum Gasteiger partial charge on any atom is 0.240 e. The molecule has 1 aliphatic rings. The molecule has 1 fully saturated rings. The predicted molar refractivity (Wildman–Crippen MR) is 67.1 cm³/mol. The summed E-state index contributed by atoms with van der Waals surface area (Å²) in [6.45, 7) is 9.12. The van der Waals surface area contributed by atoms with Crippen molar-refractivity contribution in [2.24, 2.45) is 11.1 Å². The quantitative estimate of drug-likeness (QED) is 0.780. The van der Waals surface area contributed by atoms with Crippen molar-refractivity contribution in [2.75, 3.05) is 6.54 Å². The molecule has 1 saturated carbocycles. The van der Waals surface area contributed by atoms with Crippen LogP contribution in [0.2, 0.25) is 0 Å². The van der Waals surface area contributed by atoms with Gasteiger partial charge in [-0.1, -0.05) is 34.1 Å². The summed E-state index contributed by atoms with van der Waals surface area (Å²) in [4.78, 5) is 14.3. The molecule has 2 N–H and O–H groups in total. The lowest BCUT2D eigenvalue weighted by molar-refractivity contribution is -0.135. The smallest absolute Gasteiger partial charge is 0.240 e. The summed E-state index contributed by atoms with van der Waals surface area (Å²) in [5.41, 5.74) is 5.90. The topological polar surface area (TPSA) is 46.3 Å². The molecular formula is C13H26N2O. The van der Waals surface area contributed by atoms with E-state index in [4.69, 9.17) is 5.73 Å². The molecular weight excluding hydrogens is 200 g/mol. The lowest BCUT2D eigenvalue weighted by Crippen LogP contribution is -2.51. The Labute approximate surface area is 99.4 Å². The monoisotopic (exact) mass is 226 g/mol. The van der Waals surface area contributed by atoms with Crippen LogP contribution >= 0.6 is 0 Å². The molecule has 1 aliphatic carbocycles. The standard InChI is InChI=1S/C13H26N2O/c1-5-6-9-15(10-7-8-10)12(16)11(14)13(2,3)4/h10-11H,5-9,14H2,1-4H3. The molecule has 0 heterocycles. The van der Waals surface area contributed by atoms with Crippen LogP contribution in [-0.2, 0) is 4.79 Å². The van der Waals surface area contributed by atoms with Crippen molar-refractivity contribution in [1.29, 1.82) is 0 Å². The van der Waals surface area contributed by atoms with Crippen LogP contribution in [-0.4, -0.2) is 29.4 Å². The summed E-state index contributed by atoms with van der Waals surface area (Å²) in [6.07, 6.45) is 4.53. The van der Waals surface area contributed by atoms with Crippen LogP contribution in [0.25, 0.3) is 0 Å². The van der Waals surface area contributed by atoms with Crippen LogP contribution in [0.4, 0.5) is 0 Å². The van der Waals surface area contributed by atoms with Gasteiger partial charge in [0.05, 0.1) is 6.04 Å². The first-order valence-corrected chi connectivity index (χ1v) is 6.44. The third kappa shape index (κ3) is 3.48. The first-order valence-electron chi connectivity index (χ1n) is 6.44. The van der Waals surface area contributed by atoms with E-state index >= 15 is 0 Å². The van der Waals surface area contributed by atoms with Crippen LogP contribution in [0.15, 0.2) is 0 Å². The van der Waals surface area contributed by atoms with Crippen LogP contribution < -0.4 is 5.73 Å². The minimum atomic E-state index is -0.370. The van der Waals surface area contributed by atoms with Crippen LogP contribution in [0, 0.1) is 5.41 Å². The van der Waals surface area contributed by atoms with E-state index in [-0.39, 0.29) is 17.4 Å². The minimum absolute atomic E-state index is 0.142. The summed E-state index contributed by atoms with van der Waals surface area (Å²) in [5, 5.41) is 0. The molecule has 0 radical (unpaired) electrons. The molecule has 16 heavy (non-hydrogen) atoms. The van der Waals surface area contributed by atoms with E-state index in [1.54, 1.807) is 0 Å². The third-order valence-electron chi connectivity index (χ3n) is 3.22. The van der Waals surface area contributed by atoms with Gasteiger partial charge in [0.2, 0.25) is 5.91 Å². The Kier molecular flexibility index (Phi) is 4.36. The first kappa shape index (κ1) is 13.5. The van der Waals surface area contributed by atoms with Gasteiger partial charge in [0.25, 0.3) is 0 Å². The van der Waals surface area contributed by atoms with E-state index in [1.165, 1.54) is 0 Å². The number of carbonyl (C=O) groups excluding carboxylic acids is 1. The SMILES string of the molecule is CCCCN(C(=O)C(N)C(C)(C)C)C1CC1. The molecule has 0 bridgehead atoms. The maximum absolute atomic E-state index is 12.3. The fourth-order valence-corrected chi connectivity index (χ4v) is 1.74. The molecule has 94 valence electrons. The molecule has 3 heteroatoms. The van der Waals surface area contributed by atoms with Gasteiger partial charge in [-0.15, -0.1) is 0 Å². The minimum Gasteiger partial charge on any atom is -0.338 e. The van der Waals surface area contributed by atoms with Gasteiger partial charge < -0.3 is 10.6 Å². The van der Waals surface area contributed by atoms with Crippen LogP contribution in [0.3, 0.4) is 0 Å². The van der Waals surface area contributed by atoms with Crippen molar-refractivity contribution in [2.45, 2.75) is 65.5 Å². The molecule has 0 aromatic heterocycles. The van der Waals surface area contributed by atoms with Crippen LogP contribution in [0.1, 0.15) is 53.4 Å². The Bertz CT molecular complexity index is 241. The maximum atomic E-state index is 12.3. The number of carbonyl (C=O) groups is 1. The highest BCUT2D eigenvalue weighted by molar-refractivity contribution is 5.83. The molecule has 0 aromatic rings. The van der Waals surface area contributed by atoms with E-state index in [1.807, 2.05) is 25.7 Å². The number of amides is 1. The predicted octanol–water partition coefficient (Wildman–Crippen LogP) is 2.15. The van der Waals surface area contributed by atoms with E-state index in [9.17, 15) is 4.79 Å². The second-order valence-corrected chi connectivity index (χ2v) is 5.96. The first-order chi connectivity index (χ1) is 7.38. The summed E-state index contributed by atoms with van der Waals surface area (Å²) in [6, 6.07) is 0.109. The number of nitrogens with two attached hydrogens (primary N) is 1. The third-order valence-corrected chi connectivity index (χ3v) is 3.22. The van der Waals surface area contributed by atoms with E-state index in [2.05, 4.69) is 6.92 Å². The highest BCUT2D eigenvalue weighted by Crippen LogP contribution is 2.29. The fraction of sp³-hybridized carbons (Fsp3) is 0.923. The summed E-state index contributed by atoms with van der Waals surface area (Å²) < 4.78 is 0. The Morgan fingerprint density at radius 3 is 2.38 bits per heavy atom. The Balaban J connectivity index is 2.59. The van der Waals surface area contributed by atoms with Gasteiger partial charge in [-0.05, 0) is 24.7 Å². The van der Waals surface area contributed by atoms with Crippen molar-refractivity contribution in [3.05, 3.63) is 0 Å².